The number of imide groups is 1. The average Bonchev–Trinajstić information content (AvgIpc) is 3.07. The molecule has 3 amide bonds. The predicted octanol–water partition coefficient (Wildman–Crippen LogP) is 6.11. The zero-order chi connectivity index (χ0) is 23.5. The van der Waals surface area contributed by atoms with Gasteiger partial charge in [-0.2, -0.15) is 0 Å². The van der Waals surface area contributed by atoms with Crippen LogP contribution in [0.3, 0.4) is 0 Å². The van der Waals surface area contributed by atoms with Crippen LogP contribution in [-0.2, 0) is 11.2 Å². The normalized spacial score (nSPS) is 16.2. The van der Waals surface area contributed by atoms with Crippen LogP contribution in [0.1, 0.15) is 76.7 Å². The molecule has 0 radical (unpaired) electrons. The fourth-order valence-electron chi connectivity index (χ4n) is 4.63. The van der Waals surface area contributed by atoms with E-state index in [-0.39, 0.29) is 11.9 Å². The third kappa shape index (κ3) is 7.85. The van der Waals surface area contributed by atoms with E-state index in [0.29, 0.717) is 13.1 Å². The number of hydrogen-bond acceptors (Lipinski definition) is 3. The number of urea groups is 1. The minimum Gasteiger partial charge on any atom is -0.325 e. The lowest BCUT2D eigenvalue weighted by atomic mass is 10.0. The molecule has 1 aliphatic rings. The maximum atomic E-state index is 12.9. The summed E-state index contributed by atoms with van der Waals surface area (Å²) in [6, 6.07) is 13.6. The Bertz CT molecular complexity index is 898. The number of unbranched alkanes of at least 4 members (excludes halogenated alkanes) is 9. The van der Waals surface area contributed by atoms with Gasteiger partial charge < -0.3 is 5.32 Å². The Labute approximate surface area is 199 Å². The van der Waals surface area contributed by atoms with Crippen LogP contribution < -0.4 is 5.32 Å². The Hall–Kier alpha value is -2.40. The summed E-state index contributed by atoms with van der Waals surface area (Å²) >= 11 is 0. The topological polar surface area (TPSA) is 52.6 Å². The lowest BCUT2D eigenvalue weighted by molar-refractivity contribution is -0.128. The monoisotopic (exact) mass is 451 g/mol. The van der Waals surface area contributed by atoms with Crippen molar-refractivity contribution in [1.29, 1.82) is 0 Å². The summed E-state index contributed by atoms with van der Waals surface area (Å²) in [6.07, 6.45) is 13.6. The van der Waals surface area contributed by atoms with E-state index in [4.69, 9.17) is 0 Å². The molecular weight excluding hydrogens is 410 g/mol. The number of nitrogens with one attached hydrogen (secondary N) is 1. The first-order valence-corrected chi connectivity index (χ1v) is 12.9. The molecule has 1 unspecified atom stereocenters. The van der Waals surface area contributed by atoms with Gasteiger partial charge in [0.05, 0.1) is 6.67 Å². The van der Waals surface area contributed by atoms with Crippen molar-refractivity contribution < 1.29 is 9.59 Å². The third-order valence-electron chi connectivity index (χ3n) is 6.64. The molecule has 5 heteroatoms. The third-order valence-corrected chi connectivity index (χ3v) is 6.64. The maximum absolute atomic E-state index is 12.9. The second-order valence-electron chi connectivity index (χ2n) is 9.56. The maximum Gasteiger partial charge on any atom is 0.325 e. The molecule has 1 fully saturated rings. The van der Waals surface area contributed by atoms with Crippen molar-refractivity contribution in [1.82, 2.24) is 15.1 Å². The number of amides is 3. The van der Waals surface area contributed by atoms with Crippen LogP contribution in [-0.4, -0.2) is 48.0 Å². The molecule has 1 N–H and O–H groups in total. The number of hydrogen-bond donors (Lipinski definition) is 1. The smallest absolute Gasteiger partial charge is 0.325 e. The molecule has 0 bridgehead atoms. The van der Waals surface area contributed by atoms with Gasteiger partial charge in [0.25, 0.3) is 5.91 Å². The van der Waals surface area contributed by atoms with Crippen molar-refractivity contribution in [3.8, 4) is 0 Å². The Morgan fingerprint density at radius 1 is 0.848 bits per heavy atom. The first kappa shape index (κ1) is 25.2. The number of fused-ring (bicyclic) bond motifs is 1. The van der Waals surface area contributed by atoms with Gasteiger partial charge in [0, 0.05) is 6.42 Å². The van der Waals surface area contributed by atoms with Crippen LogP contribution in [0.15, 0.2) is 42.5 Å². The fourth-order valence-corrected chi connectivity index (χ4v) is 4.63. The van der Waals surface area contributed by atoms with Gasteiger partial charge in [-0.25, -0.2) is 9.69 Å². The van der Waals surface area contributed by atoms with Gasteiger partial charge in [0.1, 0.15) is 6.04 Å². The molecule has 3 rings (SSSR count). The molecule has 33 heavy (non-hydrogen) atoms. The predicted molar refractivity (Wildman–Crippen MR) is 136 cm³/mol. The molecule has 0 aromatic heterocycles. The van der Waals surface area contributed by atoms with Gasteiger partial charge in [-0.15, -0.1) is 0 Å². The van der Waals surface area contributed by atoms with Crippen molar-refractivity contribution in [3.63, 3.8) is 0 Å². The Morgan fingerprint density at radius 3 is 2.18 bits per heavy atom. The van der Waals surface area contributed by atoms with Gasteiger partial charge in [-0.05, 0) is 36.3 Å². The standard InChI is InChI=1S/C28H41N3O2/c1-3-4-5-6-7-8-9-10-11-14-19-30(2)22-31-27(32)26(29-28(31)33)21-23-17-18-24-15-12-13-16-25(24)20-23/h12-13,15-18,20,26H,3-11,14,19,21-22H2,1-2H3,(H,29,33). The number of benzene rings is 2. The summed E-state index contributed by atoms with van der Waals surface area (Å²) < 4.78 is 0. The Balaban J connectivity index is 1.35. The van der Waals surface area contributed by atoms with E-state index in [9.17, 15) is 9.59 Å². The molecule has 180 valence electrons. The highest BCUT2D eigenvalue weighted by atomic mass is 16.2. The van der Waals surface area contributed by atoms with Gasteiger partial charge >= 0.3 is 6.03 Å². The Morgan fingerprint density at radius 2 is 1.48 bits per heavy atom. The highest BCUT2D eigenvalue weighted by Crippen LogP contribution is 2.19. The molecule has 1 saturated heterocycles. The van der Waals surface area contributed by atoms with Gasteiger partial charge in [-0.3, -0.25) is 9.69 Å². The Kier molecular flexibility index (Phi) is 10.2. The number of nitrogens with zero attached hydrogens (tertiary/aromatic N) is 2. The summed E-state index contributed by atoms with van der Waals surface area (Å²) in [5.41, 5.74) is 1.06. The minimum absolute atomic E-state index is 0.122. The van der Waals surface area contributed by atoms with Gasteiger partial charge in [-0.1, -0.05) is 107 Å². The first-order valence-electron chi connectivity index (χ1n) is 12.9. The number of carbonyl (C=O) groups excluding carboxylic acids is 2. The quantitative estimate of drug-likeness (QED) is 0.262. The molecular formula is C28H41N3O2. The van der Waals surface area contributed by atoms with E-state index >= 15 is 0 Å². The summed E-state index contributed by atoms with van der Waals surface area (Å²) in [5, 5.41) is 5.21. The largest absolute Gasteiger partial charge is 0.325 e. The van der Waals surface area contributed by atoms with Crippen LogP contribution >= 0.6 is 0 Å². The number of carbonyl (C=O) groups is 2. The number of rotatable bonds is 15. The van der Waals surface area contributed by atoms with E-state index in [1.54, 1.807) is 0 Å². The van der Waals surface area contributed by atoms with Crippen molar-refractivity contribution >= 4 is 22.7 Å². The zero-order valence-corrected chi connectivity index (χ0v) is 20.5. The van der Waals surface area contributed by atoms with Crippen molar-refractivity contribution in [2.45, 2.75) is 83.6 Å². The lowest BCUT2D eigenvalue weighted by Gasteiger charge is -2.22. The fraction of sp³-hybridized carbons (Fsp3) is 0.571. The summed E-state index contributed by atoms with van der Waals surface area (Å²) in [6.45, 7) is 3.52. The molecule has 0 aliphatic carbocycles. The van der Waals surface area contributed by atoms with Crippen LogP contribution in [0.4, 0.5) is 4.79 Å². The van der Waals surface area contributed by atoms with Crippen molar-refractivity contribution in [2.75, 3.05) is 20.3 Å². The van der Waals surface area contributed by atoms with Crippen LogP contribution in [0.2, 0.25) is 0 Å². The average molecular weight is 452 g/mol. The van der Waals surface area contributed by atoms with Crippen LogP contribution in [0.5, 0.6) is 0 Å². The summed E-state index contributed by atoms with van der Waals surface area (Å²) in [7, 11) is 1.99. The molecule has 2 aromatic rings. The highest BCUT2D eigenvalue weighted by molar-refractivity contribution is 6.04. The van der Waals surface area contributed by atoms with E-state index in [1.165, 1.54) is 68.1 Å². The zero-order valence-electron chi connectivity index (χ0n) is 20.5. The van der Waals surface area contributed by atoms with Gasteiger partial charge in [0.2, 0.25) is 0 Å². The van der Waals surface area contributed by atoms with E-state index < -0.39 is 6.04 Å². The lowest BCUT2D eigenvalue weighted by Crippen LogP contribution is -2.40. The summed E-state index contributed by atoms with van der Waals surface area (Å²) in [4.78, 5) is 28.8. The second kappa shape index (κ2) is 13.3. The molecule has 1 atom stereocenters. The molecule has 2 aromatic carbocycles. The highest BCUT2D eigenvalue weighted by Gasteiger charge is 2.38. The van der Waals surface area contributed by atoms with E-state index in [1.807, 2.05) is 25.2 Å². The SMILES string of the molecule is CCCCCCCCCCCCN(C)CN1C(=O)NC(Cc2ccc3ccccc3c2)C1=O. The van der Waals surface area contributed by atoms with Crippen LogP contribution in [0, 0.1) is 0 Å². The van der Waals surface area contributed by atoms with E-state index in [2.05, 4.69) is 41.4 Å². The molecule has 1 aliphatic heterocycles. The molecule has 0 spiro atoms. The first-order chi connectivity index (χ1) is 16.1. The van der Waals surface area contributed by atoms with Crippen molar-refractivity contribution in [3.05, 3.63) is 48.0 Å². The van der Waals surface area contributed by atoms with E-state index in [0.717, 1.165) is 23.9 Å². The van der Waals surface area contributed by atoms with Crippen LogP contribution in [0.25, 0.3) is 10.8 Å². The molecule has 1 heterocycles. The van der Waals surface area contributed by atoms with Crippen molar-refractivity contribution in [2.24, 2.45) is 0 Å². The summed E-state index contributed by atoms with van der Waals surface area (Å²) in [5.74, 6) is -0.122. The minimum atomic E-state index is -0.482. The molecule has 0 saturated carbocycles. The second-order valence-corrected chi connectivity index (χ2v) is 9.56. The molecule has 5 nitrogen and oxygen atoms in total. The van der Waals surface area contributed by atoms with Gasteiger partial charge in [0.15, 0.2) is 0 Å².